The van der Waals surface area contributed by atoms with Crippen LogP contribution in [-0.4, -0.2) is 22.6 Å². The summed E-state index contributed by atoms with van der Waals surface area (Å²) in [6.45, 7) is 0. The average molecular weight is 169 g/mol. The number of Topliss-reactive ketones (excluding diaryl/α,β-unsaturated/α-hetero) is 2. The summed E-state index contributed by atoms with van der Waals surface area (Å²) in [6.07, 6.45) is 0.579. The van der Waals surface area contributed by atoms with Crippen LogP contribution in [0.4, 0.5) is 0 Å². The quantitative estimate of drug-likeness (QED) is 0.494. The molecule has 1 rings (SSSR count). The number of carbonyl (C=O) groups is 3. The van der Waals surface area contributed by atoms with E-state index in [0.29, 0.717) is 0 Å². The molecule has 0 bridgehead atoms. The van der Waals surface area contributed by atoms with E-state index in [1.54, 1.807) is 0 Å². The predicted octanol–water partition coefficient (Wildman–Crippen LogP) is -0.928. The highest BCUT2D eigenvalue weighted by Crippen LogP contribution is 2.14. The van der Waals surface area contributed by atoms with Gasteiger partial charge in [-0.3, -0.25) is 14.4 Å². The maximum Gasteiger partial charge on any atom is 0.318 e. The second kappa shape index (κ2) is 2.77. The fourth-order valence-electron chi connectivity index (χ4n) is 0.945. The molecule has 0 amide bonds. The van der Waals surface area contributed by atoms with Crippen LogP contribution in [0.25, 0.3) is 0 Å². The Hall–Kier alpha value is -1.65. The molecule has 0 aliphatic heterocycles. The maximum atomic E-state index is 10.9. The first-order chi connectivity index (χ1) is 5.52. The van der Waals surface area contributed by atoms with Crippen LogP contribution in [0.1, 0.15) is 6.42 Å². The van der Waals surface area contributed by atoms with Crippen molar-refractivity contribution in [2.75, 3.05) is 0 Å². The zero-order valence-corrected chi connectivity index (χ0v) is 6.11. The van der Waals surface area contributed by atoms with Gasteiger partial charge in [0.15, 0.2) is 11.6 Å². The van der Waals surface area contributed by atoms with E-state index < -0.39 is 29.9 Å². The Balaban J connectivity index is 2.98. The average Bonchev–Trinajstić information content (AvgIpc) is 1.96. The van der Waals surface area contributed by atoms with Crippen molar-refractivity contribution in [1.82, 2.24) is 0 Å². The van der Waals surface area contributed by atoms with Gasteiger partial charge in [0.25, 0.3) is 0 Å². The molecule has 0 fully saturated rings. The Bertz CT molecular complexity index is 292. The first kappa shape index (κ1) is 8.45. The minimum Gasteiger partial charge on any atom is -0.480 e. The van der Waals surface area contributed by atoms with Gasteiger partial charge in [0.05, 0.1) is 12.1 Å². The molecule has 1 unspecified atom stereocenters. The number of carboxylic acids is 1. The van der Waals surface area contributed by atoms with Crippen LogP contribution >= 0.6 is 0 Å². The summed E-state index contributed by atoms with van der Waals surface area (Å²) < 4.78 is 0. The van der Waals surface area contributed by atoms with E-state index in [4.69, 9.17) is 10.8 Å². The summed E-state index contributed by atoms with van der Waals surface area (Å²) in [6, 6.07) is 0. The lowest BCUT2D eigenvalue weighted by Crippen LogP contribution is -2.31. The predicted molar refractivity (Wildman–Crippen MR) is 38.0 cm³/mol. The van der Waals surface area contributed by atoms with Gasteiger partial charge < -0.3 is 10.8 Å². The maximum absolute atomic E-state index is 10.9. The molecule has 0 radical (unpaired) electrons. The van der Waals surface area contributed by atoms with E-state index in [-0.39, 0.29) is 5.70 Å². The van der Waals surface area contributed by atoms with Gasteiger partial charge >= 0.3 is 5.97 Å². The molecule has 0 aromatic heterocycles. The Morgan fingerprint density at radius 2 is 2.17 bits per heavy atom. The molecule has 1 aliphatic carbocycles. The van der Waals surface area contributed by atoms with Crippen LogP contribution in [-0.2, 0) is 14.4 Å². The van der Waals surface area contributed by atoms with Crippen LogP contribution < -0.4 is 5.73 Å². The number of hydrogen-bond donors (Lipinski definition) is 2. The fourth-order valence-corrected chi connectivity index (χ4v) is 0.945. The monoisotopic (exact) mass is 169 g/mol. The molecular formula is C7H7NO4. The molecule has 0 aromatic rings. The molecule has 3 N–H and O–H groups in total. The van der Waals surface area contributed by atoms with Crippen molar-refractivity contribution in [3.63, 3.8) is 0 Å². The minimum absolute atomic E-state index is 0.137. The van der Waals surface area contributed by atoms with Gasteiger partial charge in [-0.05, 0) is 6.08 Å². The molecule has 12 heavy (non-hydrogen) atoms. The Labute approximate surface area is 67.9 Å². The van der Waals surface area contributed by atoms with Gasteiger partial charge in [0.2, 0.25) is 0 Å². The van der Waals surface area contributed by atoms with E-state index in [1.165, 1.54) is 0 Å². The standard InChI is InChI=1S/C7H7NO4/c8-4-1-3(7(11)12)5(9)2-6(4)10/h1,3H,2,8H2,(H,11,12). The third kappa shape index (κ3) is 1.34. The van der Waals surface area contributed by atoms with Crippen LogP contribution in [0.5, 0.6) is 0 Å². The van der Waals surface area contributed by atoms with Crippen molar-refractivity contribution in [2.45, 2.75) is 6.42 Å². The highest BCUT2D eigenvalue weighted by molar-refractivity contribution is 6.16. The van der Waals surface area contributed by atoms with E-state index in [9.17, 15) is 14.4 Å². The van der Waals surface area contributed by atoms with Crippen molar-refractivity contribution >= 4 is 17.5 Å². The summed E-state index contributed by atoms with van der Waals surface area (Å²) >= 11 is 0. The summed E-state index contributed by atoms with van der Waals surface area (Å²) in [7, 11) is 0. The van der Waals surface area contributed by atoms with Crippen molar-refractivity contribution in [1.29, 1.82) is 0 Å². The van der Waals surface area contributed by atoms with Crippen LogP contribution in [0.3, 0.4) is 0 Å². The highest BCUT2D eigenvalue weighted by Gasteiger charge is 2.31. The van der Waals surface area contributed by atoms with Crippen molar-refractivity contribution in [3.05, 3.63) is 11.8 Å². The zero-order valence-electron chi connectivity index (χ0n) is 6.11. The normalized spacial score (nSPS) is 23.7. The van der Waals surface area contributed by atoms with E-state index >= 15 is 0 Å². The second-order valence-corrected chi connectivity index (χ2v) is 2.50. The number of carboxylic acid groups (broad SMARTS) is 1. The fraction of sp³-hybridized carbons (Fsp3) is 0.286. The largest absolute Gasteiger partial charge is 0.480 e. The number of allylic oxidation sites excluding steroid dienone is 1. The molecule has 0 heterocycles. The molecule has 0 spiro atoms. The molecule has 1 aliphatic rings. The van der Waals surface area contributed by atoms with Crippen molar-refractivity contribution in [2.24, 2.45) is 11.7 Å². The first-order valence-corrected chi connectivity index (χ1v) is 3.28. The summed E-state index contributed by atoms with van der Waals surface area (Å²) in [5, 5.41) is 8.48. The number of ketones is 2. The lowest BCUT2D eigenvalue weighted by atomic mass is 9.92. The highest BCUT2D eigenvalue weighted by atomic mass is 16.4. The minimum atomic E-state index is -1.27. The number of aliphatic carboxylic acids is 1. The second-order valence-electron chi connectivity index (χ2n) is 2.50. The zero-order chi connectivity index (χ0) is 9.30. The van der Waals surface area contributed by atoms with Crippen molar-refractivity contribution < 1.29 is 19.5 Å². The van der Waals surface area contributed by atoms with Crippen LogP contribution in [0, 0.1) is 5.92 Å². The SMILES string of the molecule is NC1=CC(C(=O)O)C(=O)CC1=O. The molecule has 0 aromatic carbocycles. The lowest BCUT2D eigenvalue weighted by Gasteiger charge is -2.12. The molecule has 5 nitrogen and oxygen atoms in total. The molecular weight excluding hydrogens is 162 g/mol. The van der Waals surface area contributed by atoms with Gasteiger partial charge in [0.1, 0.15) is 5.92 Å². The van der Waals surface area contributed by atoms with Gasteiger partial charge in [-0.2, -0.15) is 0 Å². The Morgan fingerprint density at radius 3 is 2.67 bits per heavy atom. The topological polar surface area (TPSA) is 97.5 Å². The van der Waals surface area contributed by atoms with Gasteiger partial charge in [0, 0.05) is 0 Å². The number of nitrogens with two attached hydrogens (primary N) is 1. The number of hydrogen-bond acceptors (Lipinski definition) is 4. The van der Waals surface area contributed by atoms with Crippen molar-refractivity contribution in [3.8, 4) is 0 Å². The Morgan fingerprint density at radius 1 is 1.58 bits per heavy atom. The van der Waals surface area contributed by atoms with Crippen LogP contribution in [0.15, 0.2) is 11.8 Å². The molecule has 5 heteroatoms. The Kier molecular flexibility index (Phi) is 1.95. The first-order valence-electron chi connectivity index (χ1n) is 3.28. The third-order valence-electron chi connectivity index (χ3n) is 1.62. The number of carbonyl (C=O) groups excluding carboxylic acids is 2. The van der Waals surface area contributed by atoms with E-state index in [0.717, 1.165) is 6.08 Å². The smallest absolute Gasteiger partial charge is 0.318 e. The van der Waals surface area contributed by atoms with Crippen LogP contribution in [0.2, 0.25) is 0 Å². The van der Waals surface area contributed by atoms with E-state index in [2.05, 4.69) is 0 Å². The molecule has 64 valence electrons. The summed E-state index contributed by atoms with van der Waals surface area (Å²) in [5.41, 5.74) is 5.03. The molecule has 1 atom stereocenters. The third-order valence-corrected chi connectivity index (χ3v) is 1.62. The number of rotatable bonds is 1. The van der Waals surface area contributed by atoms with E-state index in [1.807, 2.05) is 0 Å². The van der Waals surface area contributed by atoms with Gasteiger partial charge in [-0.1, -0.05) is 0 Å². The summed E-state index contributed by atoms with van der Waals surface area (Å²) in [5.74, 6) is -3.63. The molecule has 0 saturated carbocycles. The summed E-state index contributed by atoms with van der Waals surface area (Å²) in [4.78, 5) is 32.0. The van der Waals surface area contributed by atoms with Gasteiger partial charge in [-0.25, -0.2) is 0 Å². The molecule has 0 saturated heterocycles. The lowest BCUT2D eigenvalue weighted by molar-refractivity contribution is -0.144. The van der Waals surface area contributed by atoms with Gasteiger partial charge in [-0.15, -0.1) is 0 Å².